The standard InChI is InChI=1S/C21H30N4O6S/c1-15-18(16(2)31-22-15)13-23(3)14-21(26)24-8-10-25(11-9-24)32(27,28)17-6-7-19(29-4)20(12-17)30-5/h6-7,12H,8-11,13-14H2,1-5H3. The third kappa shape index (κ3) is 5.05. The van der Waals surface area contributed by atoms with Crippen LogP contribution in [0.25, 0.3) is 0 Å². The molecule has 11 heteroatoms. The molecule has 0 atom stereocenters. The van der Waals surface area contributed by atoms with Crippen molar-refractivity contribution in [1.29, 1.82) is 0 Å². The molecule has 32 heavy (non-hydrogen) atoms. The minimum absolute atomic E-state index is 0.0394. The molecule has 0 aliphatic carbocycles. The van der Waals surface area contributed by atoms with Gasteiger partial charge in [0.1, 0.15) is 5.76 Å². The Balaban J connectivity index is 1.58. The molecule has 1 fully saturated rings. The van der Waals surface area contributed by atoms with Crippen molar-refractivity contribution >= 4 is 15.9 Å². The number of methoxy groups -OCH3 is 2. The zero-order valence-corrected chi connectivity index (χ0v) is 19.9. The minimum Gasteiger partial charge on any atom is -0.493 e. The maximum Gasteiger partial charge on any atom is 0.243 e. The number of hydrogen-bond donors (Lipinski definition) is 0. The Morgan fingerprint density at radius 1 is 1.12 bits per heavy atom. The first-order chi connectivity index (χ1) is 15.2. The molecular formula is C21H30N4O6S. The lowest BCUT2D eigenvalue weighted by Crippen LogP contribution is -2.52. The van der Waals surface area contributed by atoms with Crippen molar-refractivity contribution in [2.24, 2.45) is 0 Å². The van der Waals surface area contributed by atoms with Gasteiger partial charge in [-0.1, -0.05) is 5.16 Å². The third-order valence-electron chi connectivity index (χ3n) is 5.60. The molecule has 0 bridgehead atoms. The number of amides is 1. The molecule has 1 saturated heterocycles. The van der Waals surface area contributed by atoms with Gasteiger partial charge in [0.05, 0.1) is 31.4 Å². The summed E-state index contributed by atoms with van der Waals surface area (Å²) in [4.78, 5) is 16.5. The number of nitrogens with zero attached hydrogens (tertiary/aromatic N) is 4. The van der Waals surface area contributed by atoms with Gasteiger partial charge in [0.15, 0.2) is 11.5 Å². The first-order valence-electron chi connectivity index (χ1n) is 10.3. The number of hydrogen-bond acceptors (Lipinski definition) is 8. The molecule has 3 rings (SSSR count). The van der Waals surface area contributed by atoms with Crippen molar-refractivity contribution < 1.29 is 27.2 Å². The van der Waals surface area contributed by atoms with Crippen LogP contribution in [0.1, 0.15) is 17.0 Å². The molecule has 1 aliphatic rings. The Hall–Kier alpha value is -2.63. The molecule has 0 radical (unpaired) electrons. The van der Waals surface area contributed by atoms with E-state index in [1.807, 2.05) is 25.8 Å². The van der Waals surface area contributed by atoms with Crippen LogP contribution in [-0.4, -0.2) is 87.6 Å². The summed E-state index contributed by atoms with van der Waals surface area (Å²) >= 11 is 0. The van der Waals surface area contributed by atoms with Crippen LogP contribution in [-0.2, 0) is 21.4 Å². The van der Waals surface area contributed by atoms with Crippen LogP contribution in [0.15, 0.2) is 27.6 Å². The highest BCUT2D eigenvalue weighted by Crippen LogP contribution is 2.30. The summed E-state index contributed by atoms with van der Waals surface area (Å²) < 4.78 is 43.1. The van der Waals surface area contributed by atoms with Gasteiger partial charge in [-0.3, -0.25) is 9.69 Å². The highest BCUT2D eigenvalue weighted by molar-refractivity contribution is 7.89. The number of carbonyl (C=O) groups excluding carboxylic acids is 1. The van der Waals surface area contributed by atoms with Crippen molar-refractivity contribution in [2.75, 3.05) is 54.0 Å². The van der Waals surface area contributed by atoms with Gasteiger partial charge in [-0.25, -0.2) is 8.42 Å². The smallest absolute Gasteiger partial charge is 0.243 e. The number of aromatic nitrogens is 1. The number of aryl methyl sites for hydroxylation is 2. The Kier molecular flexibility index (Phi) is 7.42. The summed E-state index contributed by atoms with van der Waals surface area (Å²) in [5.41, 5.74) is 1.79. The molecule has 0 saturated carbocycles. The quantitative estimate of drug-likeness (QED) is 0.573. The second kappa shape index (κ2) is 9.88. The van der Waals surface area contributed by atoms with E-state index in [1.165, 1.54) is 30.7 Å². The minimum atomic E-state index is -3.70. The molecule has 2 heterocycles. The average molecular weight is 467 g/mol. The van der Waals surface area contributed by atoms with Gasteiger partial charge in [-0.05, 0) is 33.0 Å². The Labute approximate surface area is 188 Å². The number of ether oxygens (including phenoxy) is 2. The summed E-state index contributed by atoms with van der Waals surface area (Å²) in [5, 5.41) is 3.94. The van der Waals surface area contributed by atoms with Crippen molar-refractivity contribution in [3.8, 4) is 11.5 Å². The van der Waals surface area contributed by atoms with E-state index in [0.717, 1.165) is 17.0 Å². The van der Waals surface area contributed by atoms with Crippen LogP contribution in [0.4, 0.5) is 0 Å². The Morgan fingerprint density at radius 2 is 1.78 bits per heavy atom. The first-order valence-corrected chi connectivity index (χ1v) is 11.7. The molecule has 1 aliphatic heterocycles. The van der Waals surface area contributed by atoms with E-state index in [9.17, 15) is 13.2 Å². The fourth-order valence-corrected chi connectivity index (χ4v) is 5.13. The second-order valence-electron chi connectivity index (χ2n) is 7.78. The third-order valence-corrected chi connectivity index (χ3v) is 7.49. The van der Waals surface area contributed by atoms with Crippen LogP contribution >= 0.6 is 0 Å². The Morgan fingerprint density at radius 3 is 2.34 bits per heavy atom. The number of benzene rings is 1. The summed E-state index contributed by atoms with van der Waals surface area (Å²) in [7, 11) is 1.11. The lowest BCUT2D eigenvalue weighted by molar-refractivity contribution is -0.133. The van der Waals surface area contributed by atoms with Crippen LogP contribution in [0.5, 0.6) is 11.5 Å². The summed E-state index contributed by atoms with van der Waals surface area (Å²) in [6, 6.07) is 4.52. The molecule has 0 unspecified atom stereocenters. The maximum atomic E-state index is 13.1. The lowest BCUT2D eigenvalue weighted by atomic mass is 10.2. The molecule has 0 spiro atoms. The number of likely N-dealkylation sites (N-methyl/N-ethyl adjacent to an activating group) is 1. The highest BCUT2D eigenvalue weighted by Gasteiger charge is 2.31. The summed E-state index contributed by atoms with van der Waals surface area (Å²) in [6.07, 6.45) is 0. The van der Waals surface area contributed by atoms with Crippen LogP contribution in [0.3, 0.4) is 0 Å². The predicted molar refractivity (Wildman–Crippen MR) is 117 cm³/mol. The largest absolute Gasteiger partial charge is 0.493 e. The van der Waals surface area contributed by atoms with Gasteiger partial charge in [-0.15, -0.1) is 0 Å². The second-order valence-corrected chi connectivity index (χ2v) is 9.71. The predicted octanol–water partition coefficient (Wildman–Crippen LogP) is 1.27. The maximum absolute atomic E-state index is 13.1. The molecule has 2 aromatic rings. The van der Waals surface area contributed by atoms with Crippen LogP contribution < -0.4 is 9.47 Å². The van der Waals surface area contributed by atoms with E-state index >= 15 is 0 Å². The van der Waals surface area contributed by atoms with Gasteiger partial charge in [0, 0.05) is 44.4 Å². The first kappa shape index (κ1) is 24.0. The normalized spacial score (nSPS) is 15.2. The Bertz CT molecular complexity index is 1040. The van der Waals surface area contributed by atoms with E-state index < -0.39 is 10.0 Å². The van der Waals surface area contributed by atoms with E-state index in [0.29, 0.717) is 31.1 Å². The zero-order chi connectivity index (χ0) is 23.5. The van der Waals surface area contributed by atoms with Gasteiger partial charge >= 0.3 is 0 Å². The van der Waals surface area contributed by atoms with Gasteiger partial charge in [0.25, 0.3) is 0 Å². The van der Waals surface area contributed by atoms with Crippen molar-refractivity contribution in [1.82, 2.24) is 19.3 Å². The molecule has 1 aromatic carbocycles. The lowest BCUT2D eigenvalue weighted by Gasteiger charge is -2.34. The van der Waals surface area contributed by atoms with Gasteiger partial charge in [0.2, 0.25) is 15.9 Å². The zero-order valence-electron chi connectivity index (χ0n) is 19.1. The summed E-state index contributed by atoms with van der Waals surface area (Å²) in [5.74, 6) is 1.52. The molecular weight excluding hydrogens is 436 g/mol. The van der Waals surface area contributed by atoms with Gasteiger partial charge in [-0.2, -0.15) is 4.31 Å². The number of piperazine rings is 1. The average Bonchev–Trinajstić information content (AvgIpc) is 3.10. The van der Waals surface area contributed by atoms with E-state index in [1.54, 1.807) is 11.0 Å². The highest BCUT2D eigenvalue weighted by atomic mass is 32.2. The van der Waals surface area contributed by atoms with Crippen LogP contribution in [0, 0.1) is 13.8 Å². The number of carbonyl (C=O) groups is 1. The summed E-state index contributed by atoms with van der Waals surface area (Å²) in [6.45, 7) is 5.65. The van der Waals surface area contributed by atoms with Crippen molar-refractivity contribution in [2.45, 2.75) is 25.3 Å². The van der Waals surface area contributed by atoms with Gasteiger partial charge < -0.3 is 18.9 Å². The molecule has 0 N–H and O–H groups in total. The SMILES string of the molecule is COc1ccc(S(=O)(=O)N2CCN(C(=O)CN(C)Cc3c(C)noc3C)CC2)cc1OC. The fourth-order valence-electron chi connectivity index (χ4n) is 3.69. The van der Waals surface area contributed by atoms with Crippen molar-refractivity contribution in [3.05, 3.63) is 35.2 Å². The monoisotopic (exact) mass is 466 g/mol. The van der Waals surface area contributed by atoms with Crippen molar-refractivity contribution in [3.63, 3.8) is 0 Å². The van der Waals surface area contributed by atoms with Crippen LogP contribution in [0.2, 0.25) is 0 Å². The van der Waals surface area contributed by atoms with E-state index in [4.69, 9.17) is 14.0 Å². The number of rotatable bonds is 8. The van der Waals surface area contributed by atoms with E-state index in [-0.39, 0.29) is 30.4 Å². The molecule has 1 aromatic heterocycles. The molecule has 176 valence electrons. The fraction of sp³-hybridized carbons (Fsp3) is 0.524. The molecule has 10 nitrogen and oxygen atoms in total. The van der Waals surface area contributed by atoms with E-state index in [2.05, 4.69) is 5.16 Å². The molecule has 1 amide bonds. The topological polar surface area (TPSA) is 105 Å². The number of sulfonamides is 1.